The third-order valence-corrected chi connectivity index (χ3v) is 4.01. The molecule has 1 unspecified atom stereocenters. The lowest BCUT2D eigenvalue weighted by Gasteiger charge is -2.33. The van der Waals surface area contributed by atoms with E-state index in [2.05, 4.69) is 22.5 Å². The fraction of sp³-hybridized carbons (Fsp3) is 1.00. The monoisotopic (exact) mass is 297 g/mol. The fourth-order valence-electron chi connectivity index (χ4n) is 3.06. The Bertz CT molecular complexity index is 193. The number of halogens is 2. The molecular weight excluding hydrogens is 269 g/mol. The standard InChI is InChI=1S/C13H27N3.2ClH/c1-2-9-16(13-5-8-15-10-13)11-12-3-6-14-7-4-12;;/h12-15H,2-11H2,1H3;2*1H. The molecule has 0 bridgehead atoms. The molecule has 0 spiro atoms. The Balaban J connectivity index is 0.00000144. The molecule has 18 heavy (non-hydrogen) atoms. The zero-order valence-corrected chi connectivity index (χ0v) is 13.1. The van der Waals surface area contributed by atoms with Crippen LogP contribution in [0, 0.1) is 5.92 Å². The third kappa shape index (κ3) is 5.62. The molecular formula is C13H29Cl2N3. The zero-order valence-electron chi connectivity index (χ0n) is 11.5. The summed E-state index contributed by atoms with van der Waals surface area (Å²) in [6, 6.07) is 0.815. The molecule has 3 nitrogen and oxygen atoms in total. The second-order valence-corrected chi connectivity index (χ2v) is 5.33. The highest BCUT2D eigenvalue weighted by atomic mass is 35.5. The lowest BCUT2D eigenvalue weighted by molar-refractivity contribution is 0.160. The normalized spacial score (nSPS) is 24.7. The van der Waals surface area contributed by atoms with Gasteiger partial charge in [-0.15, -0.1) is 24.8 Å². The van der Waals surface area contributed by atoms with Crippen molar-refractivity contribution in [1.82, 2.24) is 15.5 Å². The topological polar surface area (TPSA) is 27.3 Å². The molecule has 0 aliphatic carbocycles. The Hall–Kier alpha value is 0.460. The lowest BCUT2D eigenvalue weighted by atomic mass is 9.96. The van der Waals surface area contributed by atoms with Crippen molar-refractivity contribution in [2.45, 2.75) is 38.6 Å². The van der Waals surface area contributed by atoms with Gasteiger partial charge in [-0.2, -0.15) is 0 Å². The Labute approximate surface area is 124 Å². The van der Waals surface area contributed by atoms with Crippen LogP contribution in [0.4, 0.5) is 0 Å². The Morgan fingerprint density at radius 2 is 1.67 bits per heavy atom. The molecule has 5 heteroatoms. The molecule has 2 heterocycles. The summed E-state index contributed by atoms with van der Waals surface area (Å²) in [7, 11) is 0. The van der Waals surface area contributed by atoms with Crippen LogP contribution >= 0.6 is 24.8 Å². The summed E-state index contributed by atoms with van der Waals surface area (Å²) in [5.41, 5.74) is 0. The van der Waals surface area contributed by atoms with Crippen molar-refractivity contribution in [2.75, 3.05) is 39.3 Å². The van der Waals surface area contributed by atoms with E-state index in [1.165, 1.54) is 65.0 Å². The molecule has 110 valence electrons. The Morgan fingerprint density at radius 1 is 1.00 bits per heavy atom. The van der Waals surface area contributed by atoms with Gasteiger partial charge >= 0.3 is 0 Å². The molecule has 0 aromatic rings. The van der Waals surface area contributed by atoms with E-state index in [-0.39, 0.29) is 24.8 Å². The number of piperidine rings is 1. The van der Waals surface area contributed by atoms with E-state index < -0.39 is 0 Å². The minimum Gasteiger partial charge on any atom is -0.317 e. The second kappa shape index (κ2) is 10.3. The number of rotatable bonds is 5. The zero-order chi connectivity index (χ0) is 11.2. The largest absolute Gasteiger partial charge is 0.317 e. The Morgan fingerprint density at radius 3 is 2.22 bits per heavy atom. The van der Waals surface area contributed by atoms with Crippen molar-refractivity contribution < 1.29 is 0 Å². The average molecular weight is 298 g/mol. The van der Waals surface area contributed by atoms with Crippen molar-refractivity contribution in [3.05, 3.63) is 0 Å². The molecule has 0 amide bonds. The van der Waals surface area contributed by atoms with Gasteiger partial charge < -0.3 is 10.6 Å². The van der Waals surface area contributed by atoms with Crippen LogP contribution in [0.15, 0.2) is 0 Å². The summed E-state index contributed by atoms with van der Waals surface area (Å²) < 4.78 is 0. The predicted molar refractivity (Wildman–Crippen MR) is 83.2 cm³/mol. The van der Waals surface area contributed by atoms with Crippen LogP contribution in [0.2, 0.25) is 0 Å². The molecule has 2 fully saturated rings. The number of hydrogen-bond donors (Lipinski definition) is 2. The fourth-order valence-corrected chi connectivity index (χ4v) is 3.06. The second-order valence-electron chi connectivity index (χ2n) is 5.33. The van der Waals surface area contributed by atoms with Gasteiger partial charge in [0.25, 0.3) is 0 Å². The van der Waals surface area contributed by atoms with Gasteiger partial charge in [0.1, 0.15) is 0 Å². The van der Waals surface area contributed by atoms with Crippen molar-refractivity contribution >= 4 is 24.8 Å². The Kier molecular flexibility index (Phi) is 10.5. The molecule has 0 saturated carbocycles. The summed E-state index contributed by atoms with van der Waals surface area (Å²) in [6.45, 7) is 9.82. The summed E-state index contributed by atoms with van der Waals surface area (Å²) in [5, 5.41) is 6.95. The number of hydrogen-bond acceptors (Lipinski definition) is 3. The minimum atomic E-state index is 0. The first-order chi connectivity index (χ1) is 7.90. The van der Waals surface area contributed by atoms with Crippen molar-refractivity contribution in [3.63, 3.8) is 0 Å². The number of nitrogens with one attached hydrogen (secondary N) is 2. The molecule has 0 aromatic heterocycles. The van der Waals surface area contributed by atoms with Crippen molar-refractivity contribution in [3.8, 4) is 0 Å². The maximum absolute atomic E-state index is 3.49. The molecule has 2 rings (SSSR count). The van der Waals surface area contributed by atoms with Gasteiger partial charge in [-0.05, 0) is 57.8 Å². The van der Waals surface area contributed by atoms with Crippen LogP contribution in [-0.2, 0) is 0 Å². The molecule has 2 saturated heterocycles. The first-order valence-electron chi connectivity index (χ1n) is 7.05. The van der Waals surface area contributed by atoms with E-state index in [1.54, 1.807) is 0 Å². The van der Waals surface area contributed by atoms with Crippen LogP contribution < -0.4 is 10.6 Å². The van der Waals surface area contributed by atoms with Crippen LogP contribution in [-0.4, -0.2) is 50.2 Å². The molecule has 2 N–H and O–H groups in total. The van der Waals surface area contributed by atoms with E-state index in [0.29, 0.717) is 0 Å². The SMILES string of the molecule is CCCN(CC1CCNCC1)C1CCNC1.Cl.Cl. The summed E-state index contributed by atoms with van der Waals surface area (Å²) in [6.07, 6.45) is 5.40. The maximum Gasteiger partial charge on any atom is 0.0232 e. The van der Waals surface area contributed by atoms with Crippen molar-refractivity contribution in [2.24, 2.45) is 5.92 Å². The first-order valence-corrected chi connectivity index (χ1v) is 7.05. The van der Waals surface area contributed by atoms with Gasteiger partial charge in [0.15, 0.2) is 0 Å². The van der Waals surface area contributed by atoms with E-state index in [1.807, 2.05) is 0 Å². The lowest BCUT2D eigenvalue weighted by Crippen LogP contribution is -2.42. The minimum absolute atomic E-state index is 0. The molecule has 0 aromatic carbocycles. The predicted octanol–water partition coefficient (Wildman–Crippen LogP) is 1.90. The van der Waals surface area contributed by atoms with Crippen LogP contribution in [0.1, 0.15) is 32.6 Å². The van der Waals surface area contributed by atoms with Crippen molar-refractivity contribution in [1.29, 1.82) is 0 Å². The highest BCUT2D eigenvalue weighted by Crippen LogP contribution is 2.17. The van der Waals surface area contributed by atoms with Gasteiger partial charge in [-0.25, -0.2) is 0 Å². The first kappa shape index (κ1) is 18.5. The van der Waals surface area contributed by atoms with Gasteiger partial charge in [-0.3, -0.25) is 4.90 Å². The van der Waals surface area contributed by atoms with Gasteiger partial charge in [0, 0.05) is 19.1 Å². The van der Waals surface area contributed by atoms with E-state index >= 15 is 0 Å². The van der Waals surface area contributed by atoms with Crippen LogP contribution in [0.25, 0.3) is 0 Å². The van der Waals surface area contributed by atoms with Crippen LogP contribution in [0.5, 0.6) is 0 Å². The molecule has 2 aliphatic heterocycles. The smallest absolute Gasteiger partial charge is 0.0232 e. The van der Waals surface area contributed by atoms with E-state index in [4.69, 9.17) is 0 Å². The quantitative estimate of drug-likeness (QED) is 0.812. The highest BCUT2D eigenvalue weighted by Gasteiger charge is 2.24. The molecule has 1 atom stereocenters. The van der Waals surface area contributed by atoms with Gasteiger partial charge in [0.05, 0.1) is 0 Å². The van der Waals surface area contributed by atoms with Crippen LogP contribution in [0.3, 0.4) is 0 Å². The summed E-state index contributed by atoms with van der Waals surface area (Å²) in [5.74, 6) is 0.938. The maximum atomic E-state index is 3.49. The molecule has 2 aliphatic rings. The summed E-state index contributed by atoms with van der Waals surface area (Å²) >= 11 is 0. The van der Waals surface area contributed by atoms with Gasteiger partial charge in [0.2, 0.25) is 0 Å². The number of nitrogens with zero attached hydrogens (tertiary/aromatic N) is 1. The summed E-state index contributed by atoms with van der Waals surface area (Å²) in [4.78, 5) is 2.75. The van der Waals surface area contributed by atoms with E-state index in [0.717, 1.165) is 12.0 Å². The van der Waals surface area contributed by atoms with Gasteiger partial charge in [-0.1, -0.05) is 6.92 Å². The third-order valence-electron chi connectivity index (χ3n) is 4.01. The highest BCUT2D eigenvalue weighted by molar-refractivity contribution is 5.85. The van der Waals surface area contributed by atoms with E-state index in [9.17, 15) is 0 Å². The molecule has 0 radical (unpaired) electrons. The average Bonchev–Trinajstić information content (AvgIpc) is 2.83.